The van der Waals surface area contributed by atoms with E-state index in [0.29, 0.717) is 12.3 Å². The summed E-state index contributed by atoms with van der Waals surface area (Å²) in [7, 11) is 0. The summed E-state index contributed by atoms with van der Waals surface area (Å²) in [5.74, 6) is 0.293. The van der Waals surface area contributed by atoms with Crippen molar-refractivity contribution in [3.05, 3.63) is 45.5 Å². The van der Waals surface area contributed by atoms with Gasteiger partial charge in [0.15, 0.2) is 0 Å². The fourth-order valence-corrected chi connectivity index (χ4v) is 3.08. The van der Waals surface area contributed by atoms with Crippen LogP contribution in [-0.4, -0.2) is 14.7 Å². The van der Waals surface area contributed by atoms with Gasteiger partial charge < -0.3 is 5.11 Å². The Kier molecular flexibility index (Phi) is 4.32. The van der Waals surface area contributed by atoms with Crippen molar-refractivity contribution >= 4 is 11.5 Å². The molecule has 0 aliphatic carbocycles. The van der Waals surface area contributed by atoms with E-state index in [-0.39, 0.29) is 0 Å². The molecule has 4 heteroatoms. The van der Waals surface area contributed by atoms with Crippen LogP contribution in [0.25, 0.3) is 0 Å². The lowest BCUT2D eigenvalue weighted by molar-refractivity contribution is 0.180. The van der Waals surface area contributed by atoms with E-state index < -0.39 is 6.10 Å². The lowest BCUT2D eigenvalue weighted by atomic mass is 9.95. The van der Waals surface area contributed by atoms with Gasteiger partial charge in [-0.1, -0.05) is 36.5 Å². The van der Waals surface area contributed by atoms with E-state index >= 15 is 0 Å². The maximum Gasteiger partial charge on any atom is 0.0957 e. The lowest BCUT2D eigenvalue weighted by Crippen LogP contribution is -2.06. The van der Waals surface area contributed by atoms with Gasteiger partial charge in [0.1, 0.15) is 0 Å². The average molecular weight is 276 g/mol. The van der Waals surface area contributed by atoms with Crippen molar-refractivity contribution in [2.24, 2.45) is 0 Å². The number of rotatable bonds is 4. The van der Waals surface area contributed by atoms with Gasteiger partial charge in [0.2, 0.25) is 0 Å². The molecule has 0 fully saturated rings. The molecule has 1 unspecified atom stereocenters. The van der Waals surface area contributed by atoms with Crippen LogP contribution in [0.1, 0.15) is 53.1 Å². The third-order valence-corrected chi connectivity index (χ3v) is 4.27. The van der Waals surface area contributed by atoms with Crippen molar-refractivity contribution in [3.63, 3.8) is 0 Å². The number of aromatic nitrogens is 2. The van der Waals surface area contributed by atoms with Gasteiger partial charge in [0.05, 0.1) is 16.7 Å². The zero-order valence-corrected chi connectivity index (χ0v) is 12.7. The van der Waals surface area contributed by atoms with Gasteiger partial charge in [-0.2, -0.15) is 0 Å². The summed E-state index contributed by atoms with van der Waals surface area (Å²) < 4.78 is 3.98. The van der Waals surface area contributed by atoms with Crippen LogP contribution in [0.3, 0.4) is 0 Å². The highest BCUT2D eigenvalue weighted by atomic mass is 32.1. The predicted molar refractivity (Wildman–Crippen MR) is 78.6 cm³/mol. The predicted octanol–water partition coefficient (Wildman–Crippen LogP) is 3.55. The number of aliphatic hydroxyl groups excluding tert-OH is 1. The third-order valence-electron chi connectivity index (χ3n) is 3.43. The Morgan fingerprint density at radius 2 is 1.84 bits per heavy atom. The molecule has 1 aromatic carbocycles. The SMILES string of the molecule is Cc1cccc(C)c1CC(O)c1snnc1C(C)C. The van der Waals surface area contributed by atoms with Gasteiger partial charge in [-0.05, 0) is 48.0 Å². The molecule has 2 rings (SSSR count). The summed E-state index contributed by atoms with van der Waals surface area (Å²) in [4.78, 5) is 0.901. The second kappa shape index (κ2) is 5.80. The quantitative estimate of drug-likeness (QED) is 0.928. The minimum absolute atomic E-state index is 0.293. The molecule has 0 aliphatic heterocycles. The molecule has 0 radical (unpaired) electrons. The second-order valence-electron chi connectivity index (χ2n) is 5.27. The van der Waals surface area contributed by atoms with Crippen molar-refractivity contribution in [2.75, 3.05) is 0 Å². The van der Waals surface area contributed by atoms with Crippen molar-refractivity contribution in [1.29, 1.82) is 0 Å². The Balaban J connectivity index is 2.26. The van der Waals surface area contributed by atoms with Crippen LogP contribution < -0.4 is 0 Å². The first-order chi connectivity index (χ1) is 9.00. The molecule has 0 aliphatic rings. The summed E-state index contributed by atoms with van der Waals surface area (Å²) in [5.41, 5.74) is 4.59. The van der Waals surface area contributed by atoms with E-state index in [1.807, 2.05) is 6.07 Å². The summed E-state index contributed by atoms with van der Waals surface area (Å²) >= 11 is 1.31. The van der Waals surface area contributed by atoms with Crippen molar-refractivity contribution in [3.8, 4) is 0 Å². The van der Waals surface area contributed by atoms with Crippen LogP contribution in [0.4, 0.5) is 0 Å². The Hall–Kier alpha value is -1.26. The number of aliphatic hydroxyl groups is 1. The Morgan fingerprint density at radius 1 is 1.21 bits per heavy atom. The molecule has 3 nitrogen and oxygen atoms in total. The maximum atomic E-state index is 10.5. The first kappa shape index (κ1) is 14.2. The molecule has 0 spiro atoms. The molecule has 1 atom stereocenters. The van der Waals surface area contributed by atoms with E-state index in [1.165, 1.54) is 28.2 Å². The smallest absolute Gasteiger partial charge is 0.0957 e. The largest absolute Gasteiger partial charge is 0.387 e. The third kappa shape index (κ3) is 3.01. The molecular formula is C15H20N2OS. The Bertz CT molecular complexity index is 543. The molecule has 0 saturated carbocycles. The highest BCUT2D eigenvalue weighted by Gasteiger charge is 2.20. The highest BCUT2D eigenvalue weighted by Crippen LogP contribution is 2.29. The molecule has 1 heterocycles. The molecule has 0 amide bonds. The molecule has 2 aromatic rings. The molecule has 0 bridgehead atoms. The van der Waals surface area contributed by atoms with Gasteiger partial charge in [-0.25, -0.2) is 0 Å². The number of benzene rings is 1. The average Bonchev–Trinajstić information content (AvgIpc) is 2.83. The first-order valence-electron chi connectivity index (χ1n) is 6.56. The number of hydrogen-bond donors (Lipinski definition) is 1. The van der Waals surface area contributed by atoms with E-state index in [4.69, 9.17) is 0 Å². The second-order valence-corrected chi connectivity index (χ2v) is 6.05. The van der Waals surface area contributed by atoms with Crippen molar-refractivity contribution < 1.29 is 5.11 Å². The first-order valence-corrected chi connectivity index (χ1v) is 7.33. The summed E-state index contributed by atoms with van der Waals surface area (Å²) in [5, 5.41) is 14.6. The summed E-state index contributed by atoms with van der Waals surface area (Å²) in [6.45, 7) is 8.32. The van der Waals surface area contributed by atoms with Gasteiger partial charge in [-0.15, -0.1) is 5.10 Å². The molecular weight excluding hydrogens is 256 g/mol. The number of aryl methyl sites for hydroxylation is 2. The maximum absolute atomic E-state index is 10.5. The van der Waals surface area contributed by atoms with E-state index in [9.17, 15) is 5.11 Å². The zero-order chi connectivity index (χ0) is 14.0. The van der Waals surface area contributed by atoms with Crippen LogP contribution in [0.15, 0.2) is 18.2 Å². The fourth-order valence-electron chi connectivity index (χ4n) is 2.29. The zero-order valence-electron chi connectivity index (χ0n) is 11.8. The normalized spacial score (nSPS) is 12.9. The van der Waals surface area contributed by atoms with E-state index in [0.717, 1.165) is 10.6 Å². The molecule has 0 saturated heterocycles. The van der Waals surface area contributed by atoms with Gasteiger partial charge >= 0.3 is 0 Å². The number of hydrogen-bond acceptors (Lipinski definition) is 4. The van der Waals surface area contributed by atoms with Crippen LogP contribution in [0.2, 0.25) is 0 Å². The van der Waals surface area contributed by atoms with Crippen molar-refractivity contribution in [2.45, 2.75) is 46.1 Å². The van der Waals surface area contributed by atoms with E-state index in [2.05, 4.69) is 49.4 Å². The van der Waals surface area contributed by atoms with Crippen LogP contribution in [0, 0.1) is 13.8 Å². The van der Waals surface area contributed by atoms with Crippen LogP contribution in [0.5, 0.6) is 0 Å². The fraction of sp³-hybridized carbons (Fsp3) is 0.467. The minimum Gasteiger partial charge on any atom is -0.387 e. The molecule has 102 valence electrons. The minimum atomic E-state index is -0.516. The molecule has 1 aromatic heterocycles. The Morgan fingerprint density at radius 3 is 2.42 bits per heavy atom. The van der Waals surface area contributed by atoms with Crippen LogP contribution in [-0.2, 0) is 6.42 Å². The summed E-state index contributed by atoms with van der Waals surface area (Å²) in [6.07, 6.45) is 0.111. The van der Waals surface area contributed by atoms with Gasteiger partial charge in [0, 0.05) is 6.42 Å². The standard InChI is InChI=1S/C15H20N2OS/c1-9(2)14-15(19-17-16-14)13(18)8-12-10(3)6-5-7-11(12)4/h5-7,9,13,18H,8H2,1-4H3. The van der Waals surface area contributed by atoms with Crippen LogP contribution >= 0.6 is 11.5 Å². The lowest BCUT2D eigenvalue weighted by Gasteiger charge is -2.15. The topological polar surface area (TPSA) is 46.0 Å². The molecule has 1 N–H and O–H groups in total. The van der Waals surface area contributed by atoms with Gasteiger partial charge in [0.25, 0.3) is 0 Å². The summed E-state index contributed by atoms with van der Waals surface area (Å²) in [6, 6.07) is 6.22. The molecule has 19 heavy (non-hydrogen) atoms. The Labute approximate surface area is 118 Å². The van der Waals surface area contributed by atoms with Gasteiger partial charge in [-0.3, -0.25) is 0 Å². The van der Waals surface area contributed by atoms with E-state index in [1.54, 1.807) is 0 Å². The highest BCUT2D eigenvalue weighted by molar-refractivity contribution is 7.05. The van der Waals surface area contributed by atoms with Crippen molar-refractivity contribution in [1.82, 2.24) is 9.59 Å². The number of nitrogens with zero attached hydrogens (tertiary/aromatic N) is 2. The monoisotopic (exact) mass is 276 g/mol.